The minimum Gasteiger partial charge on any atom is -0.546 e. The molecule has 1 aliphatic rings. The van der Waals surface area contributed by atoms with Gasteiger partial charge in [-0.25, -0.2) is 4.98 Å². The van der Waals surface area contributed by atoms with Crippen LogP contribution >= 0.6 is 22.9 Å². The van der Waals surface area contributed by atoms with Crippen LogP contribution in [0.3, 0.4) is 0 Å². The zero-order valence-electron chi connectivity index (χ0n) is 16.0. The van der Waals surface area contributed by atoms with Crippen molar-refractivity contribution in [3.8, 4) is 16.5 Å². The fourth-order valence-corrected chi connectivity index (χ4v) is 3.70. The van der Waals surface area contributed by atoms with E-state index in [9.17, 15) is 9.90 Å². The Morgan fingerprint density at radius 1 is 1.33 bits per heavy atom. The zero-order valence-corrected chi connectivity index (χ0v) is 19.6. The van der Waals surface area contributed by atoms with E-state index in [1.807, 2.05) is 6.07 Å². The van der Waals surface area contributed by atoms with Crippen molar-refractivity contribution < 1.29 is 44.2 Å². The van der Waals surface area contributed by atoms with Crippen LogP contribution in [0, 0.1) is 5.92 Å². The molecule has 0 radical (unpaired) electrons. The molecule has 27 heavy (non-hydrogen) atoms. The second-order valence-corrected chi connectivity index (χ2v) is 8.78. The Balaban J connectivity index is 0.00000261. The number of nitrogens with zero attached hydrogens (tertiary/aromatic N) is 3. The number of aliphatic carboxylic acids is 1. The first kappa shape index (κ1) is 22.4. The number of anilines is 1. The van der Waals surface area contributed by atoms with Gasteiger partial charge in [0.25, 0.3) is 0 Å². The molecule has 1 saturated heterocycles. The molecule has 1 fully saturated rings. The number of piperidine rings is 1. The van der Waals surface area contributed by atoms with Crippen LogP contribution in [0.2, 0.25) is 4.34 Å². The van der Waals surface area contributed by atoms with Crippen LogP contribution < -0.4 is 44.3 Å². The van der Waals surface area contributed by atoms with Gasteiger partial charge >= 0.3 is 29.6 Å². The van der Waals surface area contributed by atoms with Crippen molar-refractivity contribution in [3.05, 3.63) is 22.5 Å². The number of hydrogen-bond acceptors (Lipinski definition) is 7. The van der Waals surface area contributed by atoms with Crippen LogP contribution in [0.4, 0.5) is 5.95 Å². The fourth-order valence-electron chi connectivity index (χ4n) is 2.70. The van der Waals surface area contributed by atoms with Crippen molar-refractivity contribution in [2.45, 2.75) is 39.2 Å². The van der Waals surface area contributed by atoms with Gasteiger partial charge in [-0.05, 0) is 44.7 Å². The quantitative estimate of drug-likeness (QED) is 0.637. The average molecular weight is 418 g/mol. The topological polar surface area (TPSA) is 78.4 Å². The van der Waals surface area contributed by atoms with E-state index in [-0.39, 0.29) is 35.4 Å². The first-order valence-corrected chi connectivity index (χ1v) is 9.74. The SMILES string of the molecule is CC1CCN(c2nc(OC(C)(C)C(=O)[O-])cc(-c3ccc(Cl)s3)n2)CC1.[Na+]. The minimum atomic E-state index is -1.49. The summed E-state index contributed by atoms with van der Waals surface area (Å²) in [5.74, 6) is 0.133. The largest absolute Gasteiger partial charge is 1.00 e. The molecule has 0 saturated carbocycles. The van der Waals surface area contributed by atoms with E-state index in [4.69, 9.17) is 16.3 Å². The third kappa shape index (κ3) is 5.57. The molecule has 0 atom stereocenters. The summed E-state index contributed by atoms with van der Waals surface area (Å²) in [7, 11) is 0. The summed E-state index contributed by atoms with van der Waals surface area (Å²) >= 11 is 7.45. The number of carbonyl (C=O) groups is 1. The molecular formula is C18H21ClN3NaO3S. The van der Waals surface area contributed by atoms with Gasteiger partial charge in [0.1, 0.15) is 5.60 Å². The van der Waals surface area contributed by atoms with Crippen LogP contribution in [0.1, 0.15) is 33.6 Å². The molecule has 0 aromatic carbocycles. The Kier molecular flexibility index (Phi) is 7.55. The molecule has 6 nitrogen and oxygen atoms in total. The van der Waals surface area contributed by atoms with Gasteiger partial charge in [-0.3, -0.25) is 0 Å². The maximum Gasteiger partial charge on any atom is 1.00 e. The van der Waals surface area contributed by atoms with Gasteiger partial charge in [0.2, 0.25) is 11.8 Å². The van der Waals surface area contributed by atoms with Gasteiger partial charge in [0.05, 0.1) is 20.9 Å². The molecule has 2 aromatic heterocycles. The predicted molar refractivity (Wildman–Crippen MR) is 101 cm³/mol. The summed E-state index contributed by atoms with van der Waals surface area (Å²) < 4.78 is 6.27. The van der Waals surface area contributed by atoms with Crippen LogP contribution in [0.25, 0.3) is 10.6 Å². The van der Waals surface area contributed by atoms with Crippen LogP contribution in [-0.2, 0) is 4.79 Å². The third-order valence-electron chi connectivity index (χ3n) is 4.43. The second-order valence-electron chi connectivity index (χ2n) is 7.06. The van der Waals surface area contributed by atoms with Crippen molar-refractivity contribution in [2.24, 2.45) is 5.92 Å². The summed E-state index contributed by atoms with van der Waals surface area (Å²) in [6, 6.07) is 5.32. The average Bonchev–Trinajstić information content (AvgIpc) is 3.01. The van der Waals surface area contributed by atoms with E-state index in [2.05, 4.69) is 21.8 Å². The Hall–Kier alpha value is -0.860. The summed E-state index contributed by atoms with van der Waals surface area (Å²) in [6.07, 6.45) is 2.14. The molecule has 1 aliphatic heterocycles. The molecule has 3 rings (SSSR count). The maximum absolute atomic E-state index is 11.3. The van der Waals surface area contributed by atoms with Crippen LogP contribution in [-0.4, -0.2) is 34.6 Å². The first-order valence-electron chi connectivity index (χ1n) is 8.55. The summed E-state index contributed by atoms with van der Waals surface area (Å²) in [6.45, 7) is 6.83. The van der Waals surface area contributed by atoms with Crippen molar-refractivity contribution in [1.82, 2.24) is 9.97 Å². The maximum atomic E-state index is 11.3. The molecule has 3 heterocycles. The molecule has 0 bridgehead atoms. The van der Waals surface area contributed by atoms with E-state index < -0.39 is 11.6 Å². The number of carboxylic acids is 1. The van der Waals surface area contributed by atoms with E-state index in [0.29, 0.717) is 21.9 Å². The van der Waals surface area contributed by atoms with Crippen molar-refractivity contribution in [2.75, 3.05) is 18.0 Å². The molecule has 0 spiro atoms. The van der Waals surface area contributed by atoms with E-state index >= 15 is 0 Å². The van der Waals surface area contributed by atoms with Gasteiger partial charge in [0, 0.05) is 19.2 Å². The Labute approximate surface area is 190 Å². The fraction of sp³-hybridized carbons (Fsp3) is 0.500. The predicted octanol–water partition coefficient (Wildman–Crippen LogP) is 0.00610. The van der Waals surface area contributed by atoms with E-state index in [1.54, 1.807) is 12.1 Å². The molecule has 2 aromatic rings. The second kappa shape index (κ2) is 9.09. The molecule has 9 heteroatoms. The van der Waals surface area contributed by atoms with Crippen molar-refractivity contribution >= 4 is 34.9 Å². The molecule has 140 valence electrons. The first-order chi connectivity index (χ1) is 12.2. The third-order valence-corrected chi connectivity index (χ3v) is 5.69. The molecule has 0 amide bonds. The molecular weight excluding hydrogens is 397 g/mol. The smallest absolute Gasteiger partial charge is 0.546 e. The van der Waals surface area contributed by atoms with Crippen LogP contribution in [0.15, 0.2) is 18.2 Å². The van der Waals surface area contributed by atoms with E-state index in [1.165, 1.54) is 25.2 Å². The van der Waals surface area contributed by atoms with Gasteiger partial charge < -0.3 is 19.5 Å². The Morgan fingerprint density at radius 3 is 2.56 bits per heavy atom. The summed E-state index contributed by atoms with van der Waals surface area (Å²) in [4.78, 5) is 23.4. The van der Waals surface area contributed by atoms with Gasteiger partial charge in [0.15, 0.2) is 0 Å². The summed E-state index contributed by atoms with van der Waals surface area (Å²) in [5, 5.41) is 11.3. The van der Waals surface area contributed by atoms with Crippen LogP contribution in [0.5, 0.6) is 5.88 Å². The van der Waals surface area contributed by atoms with Gasteiger partial charge in [-0.15, -0.1) is 11.3 Å². The normalized spacial score (nSPS) is 15.3. The number of halogens is 1. The number of thiophene rings is 1. The molecule has 0 unspecified atom stereocenters. The molecule has 0 aliphatic carbocycles. The standard InChI is InChI=1S/C18H22ClN3O3S.Na/c1-11-6-8-22(9-7-11)17-20-12(13-4-5-14(19)26-13)10-15(21-17)25-18(2,3)16(23)24;/h4-5,10-11H,6-9H2,1-3H3,(H,23,24);/q;+1/p-1. The number of rotatable bonds is 5. The number of carboxylic acid groups (broad SMARTS) is 1. The number of carbonyl (C=O) groups excluding carboxylic acids is 1. The zero-order chi connectivity index (χ0) is 18.9. The Bertz CT molecular complexity index is 807. The summed E-state index contributed by atoms with van der Waals surface area (Å²) in [5.41, 5.74) is -0.832. The monoisotopic (exact) mass is 417 g/mol. The number of ether oxygens (including phenoxy) is 1. The van der Waals surface area contributed by atoms with E-state index in [0.717, 1.165) is 30.8 Å². The van der Waals surface area contributed by atoms with Gasteiger partial charge in [-0.2, -0.15) is 4.98 Å². The van der Waals surface area contributed by atoms with Crippen molar-refractivity contribution in [3.63, 3.8) is 0 Å². The van der Waals surface area contributed by atoms with Gasteiger partial charge in [-0.1, -0.05) is 18.5 Å². The Morgan fingerprint density at radius 2 is 2.00 bits per heavy atom. The molecule has 0 N–H and O–H groups in total. The number of aromatic nitrogens is 2. The number of hydrogen-bond donors (Lipinski definition) is 0. The van der Waals surface area contributed by atoms with Crippen molar-refractivity contribution in [1.29, 1.82) is 0 Å². The minimum absolute atomic E-state index is 0.